The first kappa shape index (κ1) is 19.8. The van der Waals surface area contributed by atoms with Gasteiger partial charge in [-0.1, -0.05) is 18.9 Å². The summed E-state index contributed by atoms with van der Waals surface area (Å²) in [7, 11) is 0. The highest BCUT2D eigenvalue weighted by atomic mass is 32.1. The molecular weight excluding hydrogens is 386 g/mol. The van der Waals surface area contributed by atoms with E-state index in [1.54, 1.807) is 22.2 Å². The zero-order chi connectivity index (χ0) is 20.6. The molecule has 8 heteroatoms. The van der Waals surface area contributed by atoms with Gasteiger partial charge in [-0.3, -0.25) is 14.3 Å². The summed E-state index contributed by atoms with van der Waals surface area (Å²) >= 11 is 1.56. The van der Waals surface area contributed by atoms with Crippen molar-refractivity contribution < 1.29 is 4.79 Å². The maximum Gasteiger partial charge on any atom is 0.293 e. The third kappa shape index (κ3) is 3.85. The first-order valence-electron chi connectivity index (χ1n) is 10.2. The van der Waals surface area contributed by atoms with Crippen LogP contribution in [0.2, 0.25) is 0 Å². The highest BCUT2D eigenvalue weighted by Crippen LogP contribution is 2.30. The lowest BCUT2D eigenvalue weighted by atomic mass is 10.1. The fourth-order valence-corrected chi connectivity index (χ4v) is 4.55. The number of hydrogen-bond acceptors (Lipinski definition) is 5. The van der Waals surface area contributed by atoms with Crippen molar-refractivity contribution in [2.75, 3.05) is 13.1 Å². The Bertz CT molecular complexity index is 1070. The maximum atomic E-state index is 13.3. The molecule has 1 saturated heterocycles. The fourth-order valence-electron chi connectivity index (χ4n) is 3.83. The van der Waals surface area contributed by atoms with Crippen LogP contribution in [0.1, 0.15) is 46.5 Å². The number of amides is 1. The van der Waals surface area contributed by atoms with E-state index in [4.69, 9.17) is 0 Å². The molecule has 29 heavy (non-hydrogen) atoms. The van der Waals surface area contributed by atoms with E-state index in [-0.39, 0.29) is 23.6 Å². The SMILES string of the molecule is CC(C)(C)n1ncc2c(-c3cccs3)nn(CC(=O)N3CCCCCC3)c(=O)c21. The van der Waals surface area contributed by atoms with E-state index in [2.05, 4.69) is 10.2 Å². The molecule has 0 N–H and O–H groups in total. The van der Waals surface area contributed by atoms with Crippen LogP contribution in [-0.4, -0.2) is 43.5 Å². The molecule has 0 radical (unpaired) electrons. The van der Waals surface area contributed by atoms with Gasteiger partial charge in [-0.05, 0) is 45.1 Å². The largest absolute Gasteiger partial charge is 0.341 e. The number of carbonyl (C=O) groups is 1. The predicted molar refractivity (Wildman–Crippen MR) is 115 cm³/mol. The van der Waals surface area contributed by atoms with Gasteiger partial charge in [-0.2, -0.15) is 10.2 Å². The average molecular weight is 414 g/mol. The van der Waals surface area contributed by atoms with Gasteiger partial charge < -0.3 is 4.90 Å². The number of likely N-dealkylation sites (tertiary alicyclic amines) is 1. The lowest BCUT2D eigenvalue weighted by molar-refractivity contribution is -0.132. The molecule has 0 atom stereocenters. The molecule has 3 aromatic heterocycles. The van der Waals surface area contributed by atoms with E-state index in [0.29, 0.717) is 11.2 Å². The standard InChI is InChI=1S/C21H27N5O2S/c1-21(2,3)26-19-15(13-22-26)18(16-9-8-12-29-16)23-25(20(19)28)14-17(27)24-10-6-4-5-7-11-24/h8-9,12-13H,4-7,10-11,14H2,1-3H3. The molecule has 3 aromatic rings. The minimum atomic E-state index is -0.360. The molecule has 1 aliphatic rings. The Morgan fingerprint density at radius 2 is 1.90 bits per heavy atom. The lowest BCUT2D eigenvalue weighted by Gasteiger charge is -2.22. The molecule has 1 amide bonds. The van der Waals surface area contributed by atoms with Crippen LogP contribution in [0.15, 0.2) is 28.5 Å². The second kappa shape index (κ2) is 7.74. The summed E-state index contributed by atoms with van der Waals surface area (Å²) in [6.45, 7) is 7.51. The molecule has 1 aliphatic heterocycles. The van der Waals surface area contributed by atoms with Crippen molar-refractivity contribution in [2.45, 2.75) is 58.5 Å². The normalized spacial score (nSPS) is 15.6. The number of rotatable bonds is 3. The first-order chi connectivity index (χ1) is 13.9. The average Bonchev–Trinajstić information content (AvgIpc) is 3.28. The molecule has 0 unspecified atom stereocenters. The van der Waals surface area contributed by atoms with Crippen molar-refractivity contribution in [1.82, 2.24) is 24.5 Å². The maximum absolute atomic E-state index is 13.3. The zero-order valence-corrected chi connectivity index (χ0v) is 18.0. The summed E-state index contributed by atoms with van der Waals surface area (Å²) in [5, 5.41) is 11.8. The Labute approximate surface area is 173 Å². The highest BCUT2D eigenvalue weighted by Gasteiger charge is 2.25. The Hall–Kier alpha value is -2.48. The topological polar surface area (TPSA) is 73.0 Å². The van der Waals surface area contributed by atoms with Gasteiger partial charge in [-0.25, -0.2) is 4.68 Å². The van der Waals surface area contributed by atoms with Gasteiger partial charge in [0, 0.05) is 13.1 Å². The Morgan fingerprint density at radius 3 is 2.52 bits per heavy atom. The number of hydrogen-bond donors (Lipinski definition) is 0. The molecule has 4 heterocycles. The summed E-state index contributed by atoms with van der Waals surface area (Å²) in [5.74, 6) is -0.0418. The second-order valence-corrected chi connectivity index (χ2v) is 9.52. The number of nitrogens with zero attached hydrogens (tertiary/aromatic N) is 5. The quantitative estimate of drug-likeness (QED) is 0.659. The summed E-state index contributed by atoms with van der Waals surface area (Å²) in [6, 6.07) is 3.94. The smallest absolute Gasteiger partial charge is 0.293 e. The van der Waals surface area contributed by atoms with Gasteiger partial charge in [0.2, 0.25) is 5.91 Å². The van der Waals surface area contributed by atoms with Crippen molar-refractivity contribution in [3.8, 4) is 10.6 Å². The third-order valence-electron chi connectivity index (χ3n) is 5.32. The minimum Gasteiger partial charge on any atom is -0.341 e. The van der Waals surface area contributed by atoms with Crippen LogP contribution >= 0.6 is 11.3 Å². The monoisotopic (exact) mass is 413 g/mol. The third-order valence-corrected chi connectivity index (χ3v) is 6.19. The van der Waals surface area contributed by atoms with Crippen molar-refractivity contribution in [3.63, 3.8) is 0 Å². The Balaban J connectivity index is 1.82. The molecule has 4 rings (SSSR count). The molecular formula is C21H27N5O2S. The molecule has 0 aromatic carbocycles. The zero-order valence-electron chi connectivity index (χ0n) is 17.2. The number of aromatic nitrogens is 4. The van der Waals surface area contributed by atoms with Crippen molar-refractivity contribution in [1.29, 1.82) is 0 Å². The van der Waals surface area contributed by atoms with E-state index >= 15 is 0 Å². The molecule has 0 aliphatic carbocycles. The van der Waals surface area contributed by atoms with Gasteiger partial charge >= 0.3 is 0 Å². The fraction of sp³-hybridized carbons (Fsp3) is 0.524. The van der Waals surface area contributed by atoms with Crippen molar-refractivity contribution in [3.05, 3.63) is 34.1 Å². The summed E-state index contributed by atoms with van der Waals surface area (Å²) in [6.07, 6.45) is 6.06. The van der Waals surface area contributed by atoms with Gasteiger partial charge in [-0.15, -0.1) is 11.3 Å². The molecule has 154 valence electrons. The van der Waals surface area contributed by atoms with E-state index < -0.39 is 0 Å². The van der Waals surface area contributed by atoms with Crippen LogP contribution in [0.3, 0.4) is 0 Å². The van der Waals surface area contributed by atoms with Gasteiger partial charge in [0.1, 0.15) is 17.8 Å². The molecule has 7 nitrogen and oxygen atoms in total. The highest BCUT2D eigenvalue weighted by molar-refractivity contribution is 7.13. The Kier molecular flexibility index (Phi) is 5.29. The van der Waals surface area contributed by atoms with Crippen LogP contribution in [0.5, 0.6) is 0 Å². The predicted octanol–water partition coefficient (Wildman–Crippen LogP) is 3.48. The van der Waals surface area contributed by atoms with E-state index in [1.165, 1.54) is 4.68 Å². The van der Waals surface area contributed by atoms with Crippen LogP contribution < -0.4 is 5.56 Å². The van der Waals surface area contributed by atoms with Crippen LogP contribution in [0.25, 0.3) is 21.5 Å². The number of carbonyl (C=O) groups excluding carboxylic acids is 1. The Morgan fingerprint density at radius 1 is 1.17 bits per heavy atom. The summed E-state index contributed by atoms with van der Waals surface area (Å²) in [4.78, 5) is 29.1. The second-order valence-electron chi connectivity index (χ2n) is 8.57. The van der Waals surface area contributed by atoms with E-state index in [1.807, 2.05) is 43.2 Å². The summed E-state index contributed by atoms with van der Waals surface area (Å²) in [5.41, 5.74) is 0.575. The number of thiophene rings is 1. The number of fused-ring (bicyclic) bond motifs is 1. The lowest BCUT2D eigenvalue weighted by Crippen LogP contribution is -2.39. The van der Waals surface area contributed by atoms with Crippen molar-refractivity contribution in [2.24, 2.45) is 0 Å². The minimum absolute atomic E-state index is 0.0392. The van der Waals surface area contributed by atoms with Gasteiger partial charge in [0.05, 0.1) is 22.0 Å². The van der Waals surface area contributed by atoms with E-state index in [0.717, 1.165) is 49.0 Å². The molecule has 0 bridgehead atoms. The molecule has 0 spiro atoms. The van der Waals surface area contributed by atoms with Crippen molar-refractivity contribution >= 4 is 28.1 Å². The van der Waals surface area contributed by atoms with Gasteiger partial charge in [0.25, 0.3) is 5.56 Å². The molecule has 1 fully saturated rings. The van der Waals surface area contributed by atoms with E-state index in [9.17, 15) is 9.59 Å². The molecule has 0 saturated carbocycles. The summed E-state index contributed by atoms with van der Waals surface area (Å²) < 4.78 is 3.07. The van der Waals surface area contributed by atoms with Crippen LogP contribution in [0, 0.1) is 0 Å². The van der Waals surface area contributed by atoms with Crippen LogP contribution in [0.4, 0.5) is 0 Å². The first-order valence-corrected chi connectivity index (χ1v) is 11.1. The van der Waals surface area contributed by atoms with Crippen LogP contribution in [-0.2, 0) is 16.9 Å². The van der Waals surface area contributed by atoms with Gasteiger partial charge in [0.15, 0.2) is 0 Å².